The van der Waals surface area contributed by atoms with E-state index < -0.39 is 36.5 Å². The number of carboxylic acid groups (broad SMARTS) is 1. The molecule has 0 aliphatic rings. The van der Waals surface area contributed by atoms with Gasteiger partial charge in [0, 0.05) is 0 Å². The van der Waals surface area contributed by atoms with Gasteiger partial charge in [-0.2, -0.15) is 0 Å². The van der Waals surface area contributed by atoms with E-state index in [4.69, 9.17) is 9.84 Å². The van der Waals surface area contributed by atoms with Crippen LogP contribution in [0.2, 0.25) is 0 Å². The summed E-state index contributed by atoms with van der Waals surface area (Å²) in [6.45, 7) is 2.79. The molecule has 1 rings (SSSR count). The zero-order valence-electron chi connectivity index (χ0n) is 15.4. The molecule has 4 N–H and O–H groups in total. The fourth-order valence-electron chi connectivity index (χ4n) is 2.11. The molecule has 0 fully saturated rings. The average molecular weight is 379 g/mol. The molecule has 9 nitrogen and oxygen atoms in total. The Morgan fingerprint density at radius 3 is 2.33 bits per heavy atom. The van der Waals surface area contributed by atoms with Crippen molar-refractivity contribution in [2.45, 2.75) is 32.9 Å². The maximum atomic E-state index is 12.3. The third-order valence-electron chi connectivity index (χ3n) is 3.84. The zero-order valence-corrected chi connectivity index (χ0v) is 15.4. The summed E-state index contributed by atoms with van der Waals surface area (Å²) in [5.41, 5.74) is 0.812. The van der Waals surface area contributed by atoms with Crippen molar-refractivity contribution >= 4 is 23.9 Å². The second-order valence-electron chi connectivity index (χ2n) is 5.96. The number of nitrogens with one attached hydrogen (secondary N) is 3. The zero-order chi connectivity index (χ0) is 20.2. The smallest absolute Gasteiger partial charge is 0.408 e. The third kappa shape index (κ3) is 8.70. The molecule has 2 atom stereocenters. The number of benzene rings is 1. The fourth-order valence-corrected chi connectivity index (χ4v) is 2.11. The number of carbonyl (C=O) groups is 4. The van der Waals surface area contributed by atoms with Crippen molar-refractivity contribution in [2.75, 3.05) is 13.1 Å². The van der Waals surface area contributed by atoms with Gasteiger partial charge >= 0.3 is 12.1 Å². The van der Waals surface area contributed by atoms with Crippen molar-refractivity contribution < 1.29 is 29.0 Å². The van der Waals surface area contributed by atoms with Crippen LogP contribution in [-0.2, 0) is 25.7 Å². The number of hydrogen-bond donors (Lipinski definition) is 4. The van der Waals surface area contributed by atoms with Crippen LogP contribution in [0.25, 0.3) is 0 Å². The van der Waals surface area contributed by atoms with Gasteiger partial charge in [0.25, 0.3) is 0 Å². The molecule has 0 radical (unpaired) electrons. The minimum Gasteiger partial charge on any atom is -0.480 e. The highest BCUT2D eigenvalue weighted by Gasteiger charge is 2.26. The molecule has 0 bridgehead atoms. The molecule has 1 aromatic rings. The highest BCUT2D eigenvalue weighted by molar-refractivity contribution is 5.90. The standard InChI is InChI=1S/C18H25N3O6/c1-3-12(2)16(17(25)20-9-14(22)19-10-15(23)24)21-18(26)27-11-13-7-5-4-6-8-13/h4-8,12,16H,3,9-11H2,1-2H3,(H,19,22)(H,20,25)(H,21,26)(H,23,24). The second kappa shape index (κ2) is 11.5. The number of aliphatic carboxylic acids is 1. The van der Waals surface area contributed by atoms with Crippen molar-refractivity contribution in [1.82, 2.24) is 16.0 Å². The van der Waals surface area contributed by atoms with Crippen molar-refractivity contribution in [3.63, 3.8) is 0 Å². The van der Waals surface area contributed by atoms with E-state index in [0.29, 0.717) is 6.42 Å². The largest absolute Gasteiger partial charge is 0.480 e. The van der Waals surface area contributed by atoms with Crippen LogP contribution >= 0.6 is 0 Å². The molecule has 0 saturated heterocycles. The fraction of sp³-hybridized carbons (Fsp3) is 0.444. The number of rotatable bonds is 10. The van der Waals surface area contributed by atoms with Crippen LogP contribution in [-0.4, -0.2) is 48.1 Å². The highest BCUT2D eigenvalue weighted by atomic mass is 16.5. The number of carbonyl (C=O) groups excluding carboxylic acids is 3. The molecule has 27 heavy (non-hydrogen) atoms. The summed E-state index contributed by atoms with van der Waals surface area (Å²) in [6, 6.07) is 8.22. The second-order valence-corrected chi connectivity index (χ2v) is 5.96. The summed E-state index contributed by atoms with van der Waals surface area (Å²) in [6.07, 6.45) is -0.128. The molecule has 3 amide bonds. The van der Waals surface area contributed by atoms with Crippen LogP contribution in [0.5, 0.6) is 0 Å². The molecule has 2 unspecified atom stereocenters. The molecule has 0 aliphatic heterocycles. The Bertz CT molecular complexity index is 650. The number of hydrogen-bond acceptors (Lipinski definition) is 5. The first-order valence-electron chi connectivity index (χ1n) is 8.56. The van der Waals surface area contributed by atoms with E-state index in [1.807, 2.05) is 37.3 Å². The van der Waals surface area contributed by atoms with Gasteiger partial charge in [-0.05, 0) is 11.5 Å². The molecule has 148 valence electrons. The monoisotopic (exact) mass is 379 g/mol. The van der Waals surface area contributed by atoms with E-state index in [1.54, 1.807) is 6.92 Å². The maximum Gasteiger partial charge on any atom is 0.408 e. The molecule has 0 heterocycles. The molecule has 0 spiro atoms. The summed E-state index contributed by atoms with van der Waals surface area (Å²) in [4.78, 5) is 46.2. The first-order valence-corrected chi connectivity index (χ1v) is 8.56. The summed E-state index contributed by atoms with van der Waals surface area (Å²) >= 11 is 0. The quantitative estimate of drug-likeness (QED) is 0.471. The van der Waals surface area contributed by atoms with E-state index in [2.05, 4.69) is 16.0 Å². The van der Waals surface area contributed by atoms with Crippen LogP contribution in [0.4, 0.5) is 4.79 Å². The lowest BCUT2D eigenvalue weighted by molar-refractivity contribution is -0.137. The van der Waals surface area contributed by atoms with Crippen molar-refractivity contribution in [3.8, 4) is 0 Å². The SMILES string of the molecule is CCC(C)C(NC(=O)OCc1ccccc1)C(=O)NCC(=O)NCC(=O)O. The first kappa shape index (κ1) is 21.9. The van der Waals surface area contributed by atoms with Gasteiger partial charge in [0.05, 0.1) is 6.54 Å². The first-order chi connectivity index (χ1) is 12.8. The summed E-state index contributed by atoms with van der Waals surface area (Å²) in [7, 11) is 0. The van der Waals surface area contributed by atoms with E-state index >= 15 is 0 Å². The van der Waals surface area contributed by atoms with Crippen LogP contribution in [0.1, 0.15) is 25.8 Å². The van der Waals surface area contributed by atoms with Crippen LogP contribution in [0.3, 0.4) is 0 Å². The van der Waals surface area contributed by atoms with E-state index in [9.17, 15) is 19.2 Å². The summed E-state index contributed by atoms with van der Waals surface area (Å²) < 4.78 is 5.12. The van der Waals surface area contributed by atoms with Gasteiger partial charge < -0.3 is 25.8 Å². The molecule has 0 aromatic heterocycles. The molecular formula is C18H25N3O6. The minimum atomic E-state index is -1.19. The van der Waals surface area contributed by atoms with E-state index in [0.717, 1.165) is 5.56 Å². The number of alkyl carbamates (subject to hydrolysis) is 1. The Morgan fingerprint density at radius 1 is 1.07 bits per heavy atom. The number of carboxylic acids is 1. The molecule has 0 aliphatic carbocycles. The van der Waals surface area contributed by atoms with E-state index in [1.165, 1.54) is 0 Å². The van der Waals surface area contributed by atoms with Crippen molar-refractivity contribution in [1.29, 1.82) is 0 Å². The molecule has 9 heteroatoms. The topological polar surface area (TPSA) is 134 Å². The predicted octanol–water partition coefficient (Wildman–Crippen LogP) is 0.645. The van der Waals surface area contributed by atoms with Gasteiger partial charge in [-0.25, -0.2) is 4.79 Å². The number of ether oxygens (including phenoxy) is 1. The Morgan fingerprint density at radius 2 is 1.74 bits per heavy atom. The van der Waals surface area contributed by atoms with Crippen molar-refractivity contribution in [3.05, 3.63) is 35.9 Å². The van der Waals surface area contributed by atoms with Gasteiger partial charge in [0.15, 0.2) is 0 Å². The van der Waals surface area contributed by atoms with Gasteiger partial charge in [-0.1, -0.05) is 50.6 Å². The minimum absolute atomic E-state index is 0.0686. The lowest BCUT2D eigenvalue weighted by Crippen LogP contribution is -2.52. The summed E-state index contributed by atoms with van der Waals surface area (Å²) in [5, 5.41) is 15.5. The molecular weight excluding hydrogens is 354 g/mol. The number of amides is 3. The third-order valence-corrected chi connectivity index (χ3v) is 3.84. The van der Waals surface area contributed by atoms with Gasteiger partial charge in [-0.15, -0.1) is 0 Å². The van der Waals surface area contributed by atoms with Gasteiger partial charge in [0.2, 0.25) is 11.8 Å². The lowest BCUT2D eigenvalue weighted by Gasteiger charge is -2.23. The Balaban J connectivity index is 2.53. The molecule has 1 aromatic carbocycles. The van der Waals surface area contributed by atoms with Crippen LogP contribution in [0.15, 0.2) is 30.3 Å². The van der Waals surface area contributed by atoms with Gasteiger partial charge in [0.1, 0.15) is 19.2 Å². The normalized spacial score (nSPS) is 12.4. The summed E-state index contributed by atoms with van der Waals surface area (Å²) in [5.74, 6) is -2.57. The Hall–Kier alpha value is -3.10. The lowest BCUT2D eigenvalue weighted by atomic mass is 9.98. The average Bonchev–Trinajstić information content (AvgIpc) is 2.67. The van der Waals surface area contributed by atoms with Gasteiger partial charge in [-0.3, -0.25) is 14.4 Å². The van der Waals surface area contributed by atoms with Crippen LogP contribution in [0, 0.1) is 5.92 Å². The predicted molar refractivity (Wildman–Crippen MR) is 96.7 cm³/mol. The van der Waals surface area contributed by atoms with Crippen molar-refractivity contribution in [2.24, 2.45) is 5.92 Å². The maximum absolute atomic E-state index is 12.3. The molecule has 0 saturated carbocycles. The Kier molecular flexibility index (Phi) is 9.35. The Labute approximate surface area is 157 Å². The van der Waals surface area contributed by atoms with E-state index in [-0.39, 0.29) is 19.1 Å². The van der Waals surface area contributed by atoms with Crippen LogP contribution < -0.4 is 16.0 Å². The highest BCUT2D eigenvalue weighted by Crippen LogP contribution is 2.09.